The summed E-state index contributed by atoms with van der Waals surface area (Å²) in [6.45, 7) is 0. The van der Waals surface area contributed by atoms with E-state index in [1.54, 1.807) is 61.7 Å². The second kappa shape index (κ2) is 10.1. The summed E-state index contributed by atoms with van der Waals surface area (Å²) in [4.78, 5) is 24.8. The Morgan fingerprint density at radius 3 is 2.45 bits per heavy atom. The lowest BCUT2D eigenvalue weighted by Crippen LogP contribution is -2.13. The van der Waals surface area contributed by atoms with Gasteiger partial charge in [0.2, 0.25) is 11.8 Å². The first-order valence-electron chi connectivity index (χ1n) is 10.0. The van der Waals surface area contributed by atoms with E-state index in [4.69, 9.17) is 9.15 Å². The van der Waals surface area contributed by atoms with Gasteiger partial charge in [-0.25, -0.2) is 0 Å². The molecular weight excluding hydrogens is 420 g/mol. The molecule has 2 N–H and O–H groups in total. The van der Waals surface area contributed by atoms with E-state index in [0.717, 1.165) is 5.56 Å². The maximum Gasteiger partial charge on any atom is 0.322 e. The van der Waals surface area contributed by atoms with Gasteiger partial charge in [-0.15, -0.1) is 5.10 Å². The summed E-state index contributed by atoms with van der Waals surface area (Å²) in [6, 6.07) is 23.1. The van der Waals surface area contributed by atoms with Gasteiger partial charge < -0.3 is 14.5 Å². The number of rotatable bonds is 7. The predicted molar refractivity (Wildman–Crippen MR) is 125 cm³/mol. The van der Waals surface area contributed by atoms with E-state index < -0.39 is 5.91 Å². The Hall–Kier alpha value is -4.72. The van der Waals surface area contributed by atoms with Crippen molar-refractivity contribution in [2.24, 2.45) is 0 Å². The molecule has 0 saturated carbocycles. The minimum Gasteiger partial charge on any atom is -0.497 e. The topological polar surface area (TPSA) is 106 Å². The monoisotopic (exact) mass is 440 g/mol. The highest BCUT2D eigenvalue weighted by molar-refractivity contribution is 6.05. The zero-order valence-corrected chi connectivity index (χ0v) is 17.7. The van der Waals surface area contributed by atoms with Crippen LogP contribution in [0.4, 0.5) is 11.7 Å². The normalized spacial score (nSPS) is 10.7. The molecule has 0 atom stereocenters. The van der Waals surface area contributed by atoms with E-state index >= 15 is 0 Å². The third-order valence-electron chi connectivity index (χ3n) is 4.60. The molecule has 8 nitrogen and oxygen atoms in total. The number of benzene rings is 3. The standard InChI is InChI=1S/C25H20N4O4/c1-32-21-13-11-18(12-14-21)24-28-29-25(33-24)27-23(31)19-8-5-9-20(16-19)26-22(30)15-10-17-6-3-2-4-7-17/h2-16H,1H3,(H,26,30)(H,27,29,31)/b15-10+. The van der Waals surface area contributed by atoms with Gasteiger partial charge in [0.1, 0.15) is 5.75 Å². The summed E-state index contributed by atoms with van der Waals surface area (Å²) in [6.07, 6.45) is 3.14. The summed E-state index contributed by atoms with van der Waals surface area (Å²) in [5.41, 5.74) is 2.41. The van der Waals surface area contributed by atoms with Crippen LogP contribution in [0.1, 0.15) is 15.9 Å². The molecule has 3 aromatic carbocycles. The van der Waals surface area contributed by atoms with Crippen molar-refractivity contribution in [2.75, 3.05) is 17.7 Å². The summed E-state index contributed by atoms with van der Waals surface area (Å²) in [5, 5.41) is 13.1. The number of carbonyl (C=O) groups excluding carboxylic acids is 2. The van der Waals surface area contributed by atoms with Gasteiger partial charge >= 0.3 is 6.01 Å². The first-order valence-corrected chi connectivity index (χ1v) is 10.0. The highest BCUT2D eigenvalue weighted by Gasteiger charge is 2.13. The van der Waals surface area contributed by atoms with Gasteiger partial charge in [0.15, 0.2) is 0 Å². The van der Waals surface area contributed by atoms with Crippen molar-refractivity contribution < 1.29 is 18.7 Å². The maximum atomic E-state index is 12.6. The average Bonchev–Trinajstić information content (AvgIpc) is 3.32. The van der Waals surface area contributed by atoms with Crippen molar-refractivity contribution in [3.05, 3.63) is 96.1 Å². The molecular formula is C25H20N4O4. The largest absolute Gasteiger partial charge is 0.497 e. The number of hydrogen-bond donors (Lipinski definition) is 2. The molecule has 0 unspecified atom stereocenters. The van der Waals surface area contributed by atoms with Gasteiger partial charge in [0.25, 0.3) is 5.91 Å². The van der Waals surface area contributed by atoms with E-state index in [1.165, 1.54) is 6.08 Å². The minimum absolute atomic E-state index is 0.0361. The van der Waals surface area contributed by atoms with Crippen LogP contribution in [0.15, 0.2) is 89.4 Å². The lowest BCUT2D eigenvalue weighted by atomic mass is 10.2. The van der Waals surface area contributed by atoms with Gasteiger partial charge in [-0.2, -0.15) is 0 Å². The molecule has 0 saturated heterocycles. The highest BCUT2D eigenvalue weighted by Crippen LogP contribution is 2.23. The van der Waals surface area contributed by atoms with Gasteiger partial charge in [0, 0.05) is 22.9 Å². The molecule has 0 aliphatic rings. The van der Waals surface area contributed by atoms with Crippen LogP contribution in [-0.4, -0.2) is 29.1 Å². The van der Waals surface area contributed by atoms with Gasteiger partial charge in [-0.3, -0.25) is 14.9 Å². The van der Waals surface area contributed by atoms with Crippen LogP contribution in [0.5, 0.6) is 5.75 Å². The van der Waals surface area contributed by atoms with Crippen LogP contribution in [0.3, 0.4) is 0 Å². The highest BCUT2D eigenvalue weighted by atomic mass is 16.5. The smallest absolute Gasteiger partial charge is 0.322 e. The molecule has 4 rings (SSSR count). The molecule has 8 heteroatoms. The molecule has 0 fully saturated rings. The molecule has 0 aliphatic carbocycles. The SMILES string of the molecule is COc1ccc(-c2nnc(NC(=O)c3cccc(NC(=O)/C=C/c4ccccc4)c3)o2)cc1. The lowest BCUT2D eigenvalue weighted by Gasteiger charge is -2.05. The van der Waals surface area contributed by atoms with Crippen molar-refractivity contribution >= 4 is 29.6 Å². The zero-order chi connectivity index (χ0) is 23.0. The Bertz CT molecular complexity index is 1280. The number of aromatic nitrogens is 2. The van der Waals surface area contributed by atoms with Crippen LogP contribution >= 0.6 is 0 Å². The molecule has 4 aromatic rings. The first kappa shape index (κ1) is 21.5. The molecule has 1 heterocycles. The minimum atomic E-state index is -0.448. The van der Waals surface area contributed by atoms with Gasteiger partial charge in [-0.05, 0) is 54.1 Å². The summed E-state index contributed by atoms with van der Waals surface area (Å²) in [5.74, 6) is 0.210. The quantitative estimate of drug-likeness (QED) is 0.405. The predicted octanol–water partition coefficient (Wildman–Crippen LogP) is 4.65. The van der Waals surface area contributed by atoms with Crippen molar-refractivity contribution in [3.8, 4) is 17.2 Å². The summed E-state index contributed by atoms with van der Waals surface area (Å²) < 4.78 is 10.7. The lowest BCUT2D eigenvalue weighted by molar-refractivity contribution is -0.111. The fourth-order valence-corrected chi connectivity index (χ4v) is 2.95. The number of ether oxygens (including phenoxy) is 1. The Morgan fingerprint density at radius 1 is 0.909 bits per heavy atom. The van der Waals surface area contributed by atoms with E-state index in [9.17, 15) is 9.59 Å². The Kier molecular flexibility index (Phi) is 6.56. The maximum absolute atomic E-state index is 12.6. The molecule has 0 radical (unpaired) electrons. The molecule has 0 aliphatic heterocycles. The van der Waals surface area contributed by atoms with E-state index in [2.05, 4.69) is 20.8 Å². The fraction of sp³-hybridized carbons (Fsp3) is 0.0400. The third kappa shape index (κ3) is 5.71. The number of nitrogens with one attached hydrogen (secondary N) is 2. The van der Waals surface area contributed by atoms with Crippen LogP contribution in [0, 0.1) is 0 Å². The molecule has 0 spiro atoms. The average molecular weight is 440 g/mol. The Morgan fingerprint density at radius 2 is 1.70 bits per heavy atom. The number of nitrogens with zero attached hydrogens (tertiary/aromatic N) is 2. The van der Waals surface area contributed by atoms with Crippen LogP contribution in [-0.2, 0) is 4.79 Å². The summed E-state index contributed by atoms with van der Waals surface area (Å²) in [7, 11) is 1.58. The number of hydrogen-bond acceptors (Lipinski definition) is 6. The second-order valence-corrected chi connectivity index (χ2v) is 6.91. The van der Waals surface area contributed by atoms with E-state index in [0.29, 0.717) is 22.6 Å². The van der Waals surface area contributed by atoms with Crippen LogP contribution in [0.2, 0.25) is 0 Å². The first-order chi connectivity index (χ1) is 16.1. The molecule has 2 amide bonds. The van der Waals surface area contributed by atoms with E-state index in [1.807, 2.05) is 30.3 Å². The van der Waals surface area contributed by atoms with Crippen molar-refractivity contribution in [3.63, 3.8) is 0 Å². The Balaban J connectivity index is 1.39. The zero-order valence-electron chi connectivity index (χ0n) is 17.7. The van der Waals surface area contributed by atoms with Crippen LogP contribution < -0.4 is 15.4 Å². The number of carbonyl (C=O) groups is 2. The number of anilines is 2. The molecule has 164 valence electrons. The number of methoxy groups -OCH3 is 1. The Labute approximate surface area is 189 Å². The van der Waals surface area contributed by atoms with Crippen molar-refractivity contribution in [2.45, 2.75) is 0 Å². The third-order valence-corrected chi connectivity index (χ3v) is 4.60. The summed E-state index contributed by atoms with van der Waals surface area (Å²) >= 11 is 0. The van der Waals surface area contributed by atoms with Crippen LogP contribution in [0.25, 0.3) is 17.5 Å². The second-order valence-electron chi connectivity index (χ2n) is 6.91. The van der Waals surface area contributed by atoms with Gasteiger partial charge in [-0.1, -0.05) is 41.5 Å². The molecule has 0 bridgehead atoms. The molecule has 1 aromatic heterocycles. The van der Waals surface area contributed by atoms with E-state index in [-0.39, 0.29) is 17.8 Å². The number of amides is 2. The van der Waals surface area contributed by atoms with Gasteiger partial charge in [0.05, 0.1) is 7.11 Å². The van der Waals surface area contributed by atoms with Crippen molar-refractivity contribution in [1.82, 2.24) is 10.2 Å². The van der Waals surface area contributed by atoms with Crippen molar-refractivity contribution in [1.29, 1.82) is 0 Å². The fourth-order valence-electron chi connectivity index (χ4n) is 2.95. The molecule has 33 heavy (non-hydrogen) atoms.